The molecule has 0 saturated heterocycles. The number of carbonyl (C=O) groups excluding carboxylic acids is 1. The number of H-pyrrole nitrogens is 2. The Balaban J connectivity index is 0.000000771. The molecule has 0 radical (unpaired) electrons. The first-order chi connectivity index (χ1) is 8.58. The maximum Gasteiger partial charge on any atom is 0.278 e. The Morgan fingerprint density at radius 1 is 1.39 bits per heavy atom. The SMILES string of the molecule is CC.CC(C)C(=O)Nc1nc2nc[nH]c2c(=O)[nH]1. The van der Waals surface area contributed by atoms with Gasteiger partial charge in [0.25, 0.3) is 5.56 Å². The summed E-state index contributed by atoms with van der Waals surface area (Å²) < 4.78 is 0. The van der Waals surface area contributed by atoms with Crippen molar-refractivity contribution in [2.75, 3.05) is 5.32 Å². The number of nitrogens with zero attached hydrogens (tertiary/aromatic N) is 2. The molecule has 0 atom stereocenters. The first-order valence-corrected chi connectivity index (χ1v) is 5.82. The minimum Gasteiger partial charge on any atom is -0.339 e. The van der Waals surface area contributed by atoms with Crippen LogP contribution >= 0.6 is 0 Å². The third kappa shape index (κ3) is 2.93. The Bertz CT molecular complexity index is 584. The van der Waals surface area contributed by atoms with Crippen LogP contribution in [-0.2, 0) is 4.79 Å². The van der Waals surface area contributed by atoms with Gasteiger partial charge in [-0.05, 0) is 0 Å². The molecule has 0 spiro atoms. The fourth-order valence-corrected chi connectivity index (χ4v) is 1.16. The Labute approximate surface area is 104 Å². The minimum atomic E-state index is -0.360. The molecule has 2 heterocycles. The van der Waals surface area contributed by atoms with E-state index in [2.05, 4.69) is 25.3 Å². The van der Waals surface area contributed by atoms with Gasteiger partial charge in [0, 0.05) is 5.92 Å². The zero-order valence-corrected chi connectivity index (χ0v) is 10.9. The van der Waals surface area contributed by atoms with Crippen LogP contribution in [0.1, 0.15) is 27.7 Å². The zero-order valence-electron chi connectivity index (χ0n) is 10.9. The fraction of sp³-hybridized carbons (Fsp3) is 0.455. The number of nitrogens with one attached hydrogen (secondary N) is 3. The summed E-state index contributed by atoms with van der Waals surface area (Å²) >= 11 is 0. The molecule has 2 aromatic rings. The van der Waals surface area contributed by atoms with Crippen LogP contribution in [0.3, 0.4) is 0 Å². The van der Waals surface area contributed by atoms with Crippen LogP contribution < -0.4 is 10.9 Å². The number of anilines is 1. The summed E-state index contributed by atoms with van der Waals surface area (Å²) in [7, 11) is 0. The quantitative estimate of drug-likeness (QED) is 0.747. The average molecular weight is 251 g/mol. The number of fused-ring (bicyclic) bond motifs is 1. The van der Waals surface area contributed by atoms with E-state index in [0.29, 0.717) is 5.52 Å². The molecule has 0 saturated carbocycles. The largest absolute Gasteiger partial charge is 0.339 e. The van der Waals surface area contributed by atoms with E-state index in [4.69, 9.17) is 0 Å². The highest BCUT2D eigenvalue weighted by molar-refractivity contribution is 5.90. The van der Waals surface area contributed by atoms with Gasteiger partial charge in [0.05, 0.1) is 6.33 Å². The number of hydrogen-bond acceptors (Lipinski definition) is 4. The van der Waals surface area contributed by atoms with Crippen molar-refractivity contribution in [2.24, 2.45) is 5.92 Å². The van der Waals surface area contributed by atoms with Crippen LogP contribution in [0.15, 0.2) is 11.1 Å². The third-order valence-corrected chi connectivity index (χ3v) is 2.06. The van der Waals surface area contributed by atoms with Gasteiger partial charge < -0.3 is 4.98 Å². The van der Waals surface area contributed by atoms with Gasteiger partial charge in [-0.1, -0.05) is 27.7 Å². The number of rotatable bonds is 2. The first-order valence-electron chi connectivity index (χ1n) is 5.82. The van der Waals surface area contributed by atoms with Crippen LogP contribution in [0.25, 0.3) is 11.2 Å². The molecule has 7 heteroatoms. The summed E-state index contributed by atoms with van der Waals surface area (Å²) in [6.45, 7) is 7.50. The number of hydrogen-bond donors (Lipinski definition) is 3. The second kappa shape index (κ2) is 5.95. The van der Waals surface area contributed by atoms with Crippen molar-refractivity contribution in [3.05, 3.63) is 16.7 Å². The molecule has 98 valence electrons. The van der Waals surface area contributed by atoms with E-state index in [1.54, 1.807) is 13.8 Å². The topological polar surface area (TPSA) is 104 Å². The van der Waals surface area contributed by atoms with Crippen molar-refractivity contribution in [2.45, 2.75) is 27.7 Å². The molecule has 0 unspecified atom stereocenters. The van der Waals surface area contributed by atoms with E-state index < -0.39 is 0 Å². The summed E-state index contributed by atoms with van der Waals surface area (Å²) in [5.41, 5.74) is 0.215. The number of imidazole rings is 1. The first kappa shape index (κ1) is 13.9. The summed E-state index contributed by atoms with van der Waals surface area (Å²) in [5.74, 6) is -0.276. The molecule has 1 amide bonds. The number of carbonyl (C=O) groups is 1. The Kier molecular flexibility index (Phi) is 4.59. The summed E-state index contributed by atoms with van der Waals surface area (Å²) in [5, 5.41) is 2.50. The van der Waals surface area contributed by atoms with Crippen LogP contribution in [-0.4, -0.2) is 25.8 Å². The van der Waals surface area contributed by atoms with Crippen molar-refractivity contribution in [1.29, 1.82) is 0 Å². The van der Waals surface area contributed by atoms with E-state index in [0.717, 1.165) is 0 Å². The Morgan fingerprint density at radius 3 is 2.67 bits per heavy atom. The number of aromatic nitrogens is 4. The molecule has 0 aliphatic rings. The molecule has 0 aliphatic carbocycles. The van der Waals surface area contributed by atoms with E-state index in [1.807, 2.05) is 13.8 Å². The van der Waals surface area contributed by atoms with Gasteiger partial charge in [-0.15, -0.1) is 0 Å². The van der Waals surface area contributed by atoms with Gasteiger partial charge in [-0.2, -0.15) is 4.98 Å². The summed E-state index contributed by atoms with van der Waals surface area (Å²) in [6, 6.07) is 0. The van der Waals surface area contributed by atoms with E-state index in [9.17, 15) is 9.59 Å². The predicted octanol–water partition coefficient (Wildman–Crippen LogP) is 1.27. The lowest BCUT2D eigenvalue weighted by Gasteiger charge is -2.05. The van der Waals surface area contributed by atoms with Gasteiger partial charge in [0.1, 0.15) is 0 Å². The van der Waals surface area contributed by atoms with Crippen molar-refractivity contribution in [3.63, 3.8) is 0 Å². The molecule has 7 nitrogen and oxygen atoms in total. The summed E-state index contributed by atoms with van der Waals surface area (Å²) in [6.07, 6.45) is 1.38. The van der Waals surface area contributed by atoms with Gasteiger partial charge in [0.15, 0.2) is 11.2 Å². The molecule has 2 rings (SSSR count). The molecular formula is C11H17N5O2. The Hall–Kier alpha value is -2.18. The lowest BCUT2D eigenvalue weighted by Crippen LogP contribution is -2.22. The highest BCUT2D eigenvalue weighted by Gasteiger charge is 2.10. The van der Waals surface area contributed by atoms with Crippen molar-refractivity contribution in [3.8, 4) is 0 Å². The maximum atomic E-state index is 11.5. The van der Waals surface area contributed by atoms with Crippen LogP contribution in [0.4, 0.5) is 5.95 Å². The molecule has 0 bridgehead atoms. The highest BCUT2D eigenvalue weighted by atomic mass is 16.2. The van der Waals surface area contributed by atoms with Crippen molar-refractivity contribution >= 4 is 23.0 Å². The highest BCUT2D eigenvalue weighted by Crippen LogP contribution is 2.04. The van der Waals surface area contributed by atoms with Gasteiger partial charge in [0.2, 0.25) is 11.9 Å². The van der Waals surface area contributed by atoms with Crippen LogP contribution in [0.5, 0.6) is 0 Å². The second-order valence-electron chi connectivity index (χ2n) is 3.66. The van der Waals surface area contributed by atoms with Gasteiger partial charge in [-0.25, -0.2) is 4.98 Å². The monoisotopic (exact) mass is 251 g/mol. The smallest absolute Gasteiger partial charge is 0.278 e. The van der Waals surface area contributed by atoms with E-state index in [-0.39, 0.29) is 29.0 Å². The normalized spacial score (nSPS) is 10.1. The van der Waals surface area contributed by atoms with Crippen molar-refractivity contribution < 1.29 is 4.79 Å². The standard InChI is InChI=1S/C9H11N5O2.C2H6/c1-4(2)7(15)13-9-12-6-5(8(16)14-9)10-3-11-6;1-2/h3-4H,1-2H3,(H3,10,11,12,13,14,15,16);1-2H3. The van der Waals surface area contributed by atoms with Crippen LogP contribution in [0, 0.1) is 5.92 Å². The van der Waals surface area contributed by atoms with E-state index >= 15 is 0 Å². The van der Waals surface area contributed by atoms with Crippen molar-refractivity contribution in [1.82, 2.24) is 19.9 Å². The molecule has 0 fully saturated rings. The predicted molar refractivity (Wildman–Crippen MR) is 69.3 cm³/mol. The van der Waals surface area contributed by atoms with Crippen LogP contribution in [0.2, 0.25) is 0 Å². The third-order valence-electron chi connectivity index (χ3n) is 2.06. The molecule has 2 aromatic heterocycles. The molecule has 18 heavy (non-hydrogen) atoms. The molecule has 0 aliphatic heterocycles. The van der Waals surface area contributed by atoms with Gasteiger partial charge in [-0.3, -0.25) is 19.9 Å². The minimum absolute atomic E-state index is 0.114. The fourth-order valence-electron chi connectivity index (χ4n) is 1.16. The lowest BCUT2D eigenvalue weighted by atomic mass is 10.2. The van der Waals surface area contributed by atoms with E-state index in [1.165, 1.54) is 6.33 Å². The summed E-state index contributed by atoms with van der Waals surface area (Å²) in [4.78, 5) is 35.8. The zero-order chi connectivity index (χ0) is 13.7. The number of aromatic amines is 2. The molecular weight excluding hydrogens is 234 g/mol. The second-order valence-corrected chi connectivity index (χ2v) is 3.66. The van der Waals surface area contributed by atoms with Gasteiger partial charge >= 0.3 is 0 Å². The number of amides is 1. The lowest BCUT2D eigenvalue weighted by molar-refractivity contribution is -0.118. The molecule has 3 N–H and O–H groups in total. The Morgan fingerprint density at radius 2 is 2.06 bits per heavy atom. The average Bonchev–Trinajstić information content (AvgIpc) is 2.80. The molecule has 0 aromatic carbocycles. The maximum absolute atomic E-state index is 11.5.